The molecule has 0 unspecified atom stereocenters. The van der Waals surface area contributed by atoms with Gasteiger partial charge in [0, 0.05) is 10.7 Å². The predicted octanol–water partition coefficient (Wildman–Crippen LogP) is 2.60. The third-order valence-corrected chi connectivity index (χ3v) is 2.79. The van der Waals surface area contributed by atoms with E-state index >= 15 is 0 Å². The first-order valence-corrected chi connectivity index (χ1v) is 6.00. The number of nitrogen functional groups attached to an aromatic ring is 1. The van der Waals surface area contributed by atoms with Crippen LogP contribution < -0.4 is 16.2 Å². The van der Waals surface area contributed by atoms with Gasteiger partial charge in [0.05, 0.1) is 5.56 Å². The highest BCUT2D eigenvalue weighted by Crippen LogP contribution is 2.22. The minimum Gasteiger partial charge on any atom is -0.488 e. The monoisotopic (exact) mass is 276 g/mol. The molecule has 98 valence electrons. The van der Waals surface area contributed by atoms with E-state index in [-0.39, 0.29) is 5.56 Å². The van der Waals surface area contributed by atoms with E-state index in [4.69, 9.17) is 27.8 Å². The van der Waals surface area contributed by atoms with Crippen molar-refractivity contribution < 1.29 is 9.53 Å². The first-order chi connectivity index (χ1) is 9.06. The number of hydrogen-bond donors (Lipinski definition) is 2. The Balaban J connectivity index is 2.17. The summed E-state index contributed by atoms with van der Waals surface area (Å²) in [6, 6.07) is 12.1. The van der Waals surface area contributed by atoms with Gasteiger partial charge in [0.1, 0.15) is 12.4 Å². The molecule has 0 fully saturated rings. The first-order valence-electron chi connectivity index (χ1n) is 5.63. The fourth-order valence-electron chi connectivity index (χ4n) is 1.65. The largest absolute Gasteiger partial charge is 0.488 e. The average molecular weight is 277 g/mol. The molecular formula is C14H13ClN2O2. The van der Waals surface area contributed by atoms with Crippen molar-refractivity contribution in [1.29, 1.82) is 0 Å². The van der Waals surface area contributed by atoms with E-state index in [0.29, 0.717) is 23.1 Å². The number of hydrogen-bond acceptors (Lipinski definition) is 3. The Hall–Kier alpha value is -2.20. The highest BCUT2D eigenvalue weighted by Gasteiger charge is 2.10. The second-order valence-electron chi connectivity index (χ2n) is 4.04. The minimum atomic E-state index is -0.576. The molecule has 19 heavy (non-hydrogen) atoms. The molecular weight excluding hydrogens is 264 g/mol. The van der Waals surface area contributed by atoms with Crippen molar-refractivity contribution in [3.05, 3.63) is 58.6 Å². The van der Waals surface area contributed by atoms with Crippen LogP contribution in [0.2, 0.25) is 5.02 Å². The molecule has 0 spiro atoms. The number of benzene rings is 2. The lowest BCUT2D eigenvalue weighted by Crippen LogP contribution is -2.13. The lowest BCUT2D eigenvalue weighted by atomic mass is 10.1. The summed E-state index contributed by atoms with van der Waals surface area (Å²) in [5.41, 5.74) is 12.5. The second-order valence-corrected chi connectivity index (χ2v) is 4.47. The van der Waals surface area contributed by atoms with Crippen LogP contribution in [0.4, 0.5) is 5.69 Å². The van der Waals surface area contributed by atoms with Crippen molar-refractivity contribution in [3.63, 3.8) is 0 Å². The Morgan fingerprint density at radius 2 is 2.00 bits per heavy atom. The van der Waals surface area contributed by atoms with E-state index in [2.05, 4.69) is 0 Å². The van der Waals surface area contributed by atoms with Gasteiger partial charge in [-0.2, -0.15) is 0 Å². The normalized spacial score (nSPS) is 10.2. The zero-order chi connectivity index (χ0) is 13.8. The molecule has 0 radical (unpaired) electrons. The second kappa shape index (κ2) is 5.63. The number of carbonyl (C=O) groups is 1. The number of carbonyl (C=O) groups excluding carboxylic acids is 1. The lowest BCUT2D eigenvalue weighted by molar-refractivity contribution is 0.0996. The molecule has 4 N–H and O–H groups in total. The van der Waals surface area contributed by atoms with Crippen molar-refractivity contribution in [2.75, 3.05) is 5.73 Å². The van der Waals surface area contributed by atoms with Crippen LogP contribution in [-0.4, -0.2) is 5.91 Å². The Bertz CT molecular complexity index is 614. The van der Waals surface area contributed by atoms with Crippen LogP contribution >= 0.6 is 11.6 Å². The van der Waals surface area contributed by atoms with Gasteiger partial charge in [-0.15, -0.1) is 0 Å². The maximum atomic E-state index is 11.3. The van der Waals surface area contributed by atoms with Gasteiger partial charge in [-0.05, 0) is 35.9 Å². The number of nitrogens with two attached hydrogens (primary N) is 2. The lowest BCUT2D eigenvalue weighted by Gasteiger charge is -2.10. The highest BCUT2D eigenvalue weighted by molar-refractivity contribution is 6.30. The smallest absolute Gasteiger partial charge is 0.252 e. The van der Waals surface area contributed by atoms with Gasteiger partial charge in [0.15, 0.2) is 0 Å². The van der Waals surface area contributed by atoms with Crippen LogP contribution in [-0.2, 0) is 6.61 Å². The zero-order valence-corrected chi connectivity index (χ0v) is 10.9. The van der Waals surface area contributed by atoms with Crippen LogP contribution in [0.3, 0.4) is 0 Å². The number of primary amides is 1. The molecule has 0 atom stereocenters. The molecule has 2 aromatic carbocycles. The molecule has 2 aromatic rings. The van der Waals surface area contributed by atoms with Crippen LogP contribution in [0.25, 0.3) is 0 Å². The minimum absolute atomic E-state index is 0.266. The third-order valence-electron chi connectivity index (χ3n) is 2.55. The number of anilines is 1. The highest BCUT2D eigenvalue weighted by atomic mass is 35.5. The van der Waals surface area contributed by atoms with E-state index < -0.39 is 5.91 Å². The summed E-state index contributed by atoms with van der Waals surface area (Å²) in [5.74, 6) is -0.171. The van der Waals surface area contributed by atoms with Crippen LogP contribution in [0.1, 0.15) is 15.9 Å². The Kier molecular flexibility index (Phi) is 3.92. The summed E-state index contributed by atoms with van der Waals surface area (Å²) in [4.78, 5) is 11.3. The van der Waals surface area contributed by atoms with Crippen molar-refractivity contribution in [1.82, 2.24) is 0 Å². The Morgan fingerprint density at radius 1 is 1.21 bits per heavy atom. The fourth-order valence-corrected chi connectivity index (χ4v) is 1.87. The molecule has 1 amide bonds. The summed E-state index contributed by atoms with van der Waals surface area (Å²) < 4.78 is 5.58. The molecule has 0 saturated carbocycles. The molecule has 0 bridgehead atoms. The van der Waals surface area contributed by atoms with Crippen molar-refractivity contribution in [2.24, 2.45) is 5.73 Å². The molecule has 0 saturated heterocycles. The van der Waals surface area contributed by atoms with E-state index in [1.54, 1.807) is 24.3 Å². The molecule has 0 aliphatic heterocycles. The number of halogens is 1. The van der Waals surface area contributed by atoms with Crippen molar-refractivity contribution >= 4 is 23.2 Å². The molecule has 5 heteroatoms. The van der Waals surface area contributed by atoms with E-state index in [1.165, 1.54) is 6.07 Å². The quantitative estimate of drug-likeness (QED) is 0.843. The summed E-state index contributed by atoms with van der Waals surface area (Å²) in [6.45, 7) is 0.296. The standard InChI is InChI=1S/C14H13ClN2O2/c15-10-3-1-2-9(6-10)8-19-13-5-4-11(16)7-12(13)14(17)18/h1-7H,8,16H2,(H2,17,18). The maximum absolute atomic E-state index is 11.3. The molecule has 0 aliphatic rings. The Morgan fingerprint density at radius 3 is 2.68 bits per heavy atom. The van der Waals surface area contributed by atoms with Gasteiger partial charge in [0.25, 0.3) is 5.91 Å². The SMILES string of the molecule is NC(=O)c1cc(N)ccc1OCc1cccc(Cl)c1. The van der Waals surface area contributed by atoms with Gasteiger partial charge in [-0.3, -0.25) is 4.79 Å². The number of amides is 1. The zero-order valence-electron chi connectivity index (χ0n) is 10.1. The molecule has 0 aromatic heterocycles. The first kappa shape index (κ1) is 13.2. The van der Waals surface area contributed by atoms with Crippen LogP contribution in [0.15, 0.2) is 42.5 Å². The van der Waals surface area contributed by atoms with Gasteiger partial charge >= 0.3 is 0 Å². The van der Waals surface area contributed by atoms with E-state index in [0.717, 1.165) is 5.56 Å². The van der Waals surface area contributed by atoms with Crippen LogP contribution in [0, 0.1) is 0 Å². The molecule has 2 rings (SSSR count). The summed E-state index contributed by atoms with van der Waals surface area (Å²) in [6.07, 6.45) is 0. The average Bonchev–Trinajstić information content (AvgIpc) is 2.37. The summed E-state index contributed by atoms with van der Waals surface area (Å²) in [5, 5.41) is 0.633. The fraction of sp³-hybridized carbons (Fsp3) is 0.0714. The van der Waals surface area contributed by atoms with Gasteiger partial charge < -0.3 is 16.2 Å². The summed E-state index contributed by atoms with van der Waals surface area (Å²) in [7, 11) is 0. The van der Waals surface area contributed by atoms with Crippen molar-refractivity contribution in [3.8, 4) is 5.75 Å². The van der Waals surface area contributed by atoms with E-state index in [1.807, 2.05) is 12.1 Å². The summed E-state index contributed by atoms with van der Waals surface area (Å²) >= 11 is 5.88. The van der Waals surface area contributed by atoms with Gasteiger partial charge in [-0.1, -0.05) is 23.7 Å². The maximum Gasteiger partial charge on any atom is 0.252 e. The molecule has 4 nitrogen and oxygen atoms in total. The van der Waals surface area contributed by atoms with E-state index in [9.17, 15) is 4.79 Å². The van der Waals surface area contributed by atoms with Gasteiger partial charge in [-0.25, -0.2) is 0 Å². The predicted molar refractivity (Wildman–Crippen MR) is 75.2 cm³/mol. The molecule has 0 aliphatic carbocycles. The number of rotatable bonds is 4. The van der Waals surface area contributed by atoms with Crippen LogP contribution in [0.5, 0.6) is 5.75 Å². The van der Waals surface area contributed by atoms with Gasteiger partial charge in [0.2, 0.25) is 0 Å². The number of ether oxygens (including phenoxy) is 1. The Labute approximate surface area is 115 Å². The topological polar surface area (TPSA) is 78.3 Å². The van der Waals surface area contributed by atoms with Crippen molar-refractivity contribution in [2.45, 2.75) is 6.61 Å². The molecule has 0 heterocycles. The third kappa shape index (κ3) is 3.39.